The largest absolute Gasteiger partial charge is 0.465 e. The molecule has 0 aliphatic rings. The Kier molecular flexibility index (Phi) is 39.1. The molecule has 0 bridgehead atoms. The first-order valence-corrected chi connectivity index (χ1v) is 23.6. The van der Waals surface area contributed by atoms with Crippen LogP contribution in [0.5, 0.6) is 0 Å². The lowest BCUT2D eigenvalue weighted by atomic mass is 9.95. The average Bonchev–Trinajstić information content (AvgIpc) is 3.09. The van der Waals surface area contributed by atoms with E-state index >= 15 is 0 Å². The summed E-state index contributed by atoms with van der Waals surface area (Å²) in [6, 6.07) is 0. The van der Waals surface area contributed by atoms with Crippen LogP contribution in [0, 0.1) is 11.8 Å². The molecule has 6 heteroatoms. The maximum atomic E-state index is 12.5. The zero-order valence-corrected chi connectivity index (χ0v) is 34.3. The van der Waals surface area contributed by atoms with Crippen LogP contribution in [0.25, 0.3) is 0 Å². The van der Waals surface area contributed by atoms with Crippen LogP contribution in [-0.4, -0.2) is 36.7 Å². The van der Waals surface area contributed by atoms with Crippen LogP contribution in [0.3, 0.4) is 0 Å². The summed E-state index contributed by atoms with van der Waals surface area (Å²) in [4.78, 5) is 25.0. The molecule has 48 heavy (non-hydrogen) atoms. The van der Waals surface area contributed by atoms with Gasteiger partial charge in [-0.3, -0.25) is 9.59 Å². The summed E-state index contributed by atoms with van der Waals surface area (Å²) in [6.07, 6.45) is 37.2. The van der Waals surface area contributed by atoms with Gasteiger partial charge in [-0.2, -0.15) is 0 Å². The van der Waals surface area contributed by atoms with Crippen molar-refractivity contribution in [2.24, 2.45) is 11.8 Å². The number of carbonyl (C=O) groups is 2. The van der Waals surface area contributed by atoms with Crippen molar-refractivity contribution in [3.63, 3.8) is 0 Å². The second kappa shape index (κ2) is 39.4. The third-order valence-electron chi connectivity index (χ3n) is 9.69. The minimum absolute atomic E-state index is 0.0693. The number of carbonyl (C=O) groups excluding carboxylic acids is 2. The minimum atomic E-state index is -0.0693. The van der Waals surface area contributed by atoms with Gasteiger partial charge in [0.05, 0.1) is 26.1 Å². The molecule has 4 nitrogen and oxygen atoms in total. The molecule has 0 aromatic rings. The first-order chi connectivity index (χ1) is 23.6. The molecule has 286 valence electrons. The van der Waals surface area contributed by atoms with Crippen molar-refractivity contribution >= 4 is 33.5 Å². The van der Waals surface area contributed by atoms with Gasteiger partial charge < -0.3 is 9.47 Å². The van der Waals surface area contributed by atoms with Gasteiger partial charge in [0.15, 0.2) is 0 Å². The van der Waals surface area contributed by atoms with Crippen molar-refractivity contribution in [3.05, 3.63) is 0 Å². The van der Waals surface area contributed by atoms with Crippen molar-refractivity contribution in [3.8, 4) is 0 Å². The van der Waals surface area contributed by atoms with Gasteiger partial charge >= 0.3 is 11.9 Å². The first-order valence-electron chi connectivity index (χ1n) is 21.1. The van der Waals surface area contributed by atoms with Gasteiger partial charge in [0.2, 0.25) is 0 Å². The Morgan fingerprint density at radius 3 is 0.917 bits per heavy atom. The van der Waals surface area contributed by atoms with Crippen molar-refractivity contribution in [2.45, 2.75) is 220 Å². The number of hydrogen-bond acceptors (Lipinski definition) is 6. The van der Waals surface area contributed by atoms with Crippen LogP contribution < -0.4 is 0 Å². The molecule has 0 aromatic carbocycles. The summed E-state index contributed by atoms with van der Waals surface area (Å²) in [7, 11) is 3.35. The predicted octanol–water partition coefficient (Wildman–Crippen LogP) is 14.5. The Morgan fingerprint density at radius 2 is 0.646 bits per heavy atom. The number of ether oxygens (including phenoxy) is 2. The highest BCUT2D eigenvalue weighted by Gasteiger charge is 2.14. The number of unbranched alkanes of at least 4 members (excludes halogenated alkanes) is 20. The van der Waals surface area contributed by atoms with Crippen molar-refractivity contribution < 1.29 is 19.1 Å². The SMILES string of the molecule is CCCCCCCCC(CCCCCCCC)COC(=O)CCSSCCC(=O)OCC(CCCCCCCC)CCCCCCCC. The number of hydrogen-bond donors (Lipinski definition) is 0. The van der Waals surface area contributed by atoms with Crippen LogP contribution in [-0.2, 0) is 19.1 Å². The molecule has 0 N–H and O–H groups in total. The molecular formula is C42H82O4S2. The Morgan fingerprint density at radius 1 is 0.396 bits per heavy atom. The Bertz CT molecular complexity index is 586. The van der Waals surface area contributed by atoms with Gasteiger partial charge in [-0.25, -0.2) is 0 Å². The highest BCUT2D eigenvalue weighted by molar-refractivity contribution is 8.76. The normalized spacial score (nSPS) is 11.5. The predicted molar refractivity (Wildman–Crippen MR) is 215 cm³/mol. The van der Waals surface area contributed by atoms with Crippen LogP contribution >= 0.6 is 21.6 Å². The summed E-state index contributed by atoms with van der Waals surface area (Å²) in [5.74, 6) is 2.35. The highest BCUT2D eigenvalue weighted by Crippen LogP contribution is 2.25. The molecule has 0 saturated heterocycles. The van der Waals surface area contributed by atoms with Gasteiger partial charge in [-0.05, 0) is 37.5 Å². The van der Waals surface area contributed by atoms with Gasteiger partial charge in [-0.15, -0.1) is 0 Å². The fraction of sp³-hybridized carbons (Fsp3) is 0.952. The van der Waals surface area contributed by atoms with E-state index in [1.54, 1.807) is 21.6 Å². The van der Waals surface area contributed by atoms with Gasteiger partial charge in [0.25, 0.3) is 0 Å². The van der Waals surface area contributed by atoms with Gasteiger partial charge in [0.1, 0.15) is 0 Å². The molecule has 0 heterocycles. The fourth-order valence-electron chi connectivity index (χ4n) is 6.41. The van der Waals surface area contributed by atoms with Crippen LogP contribution in [0.1, 0.15) is 220 Å². The maximum absolute atomic E-state index is 12.5. The zero-order chi connectivity index (χ0) is 35.2. The van der Waals surface area contributed by atoms with Crippen LogP contribution in [0.2, 0.25) is 0 Å². The monoisotopic (exact) mass is 715 g/mol. The van der Waals surface area contributed by atoms with Crippen molar-refractivity contribution in [1.29, 1.82) is 0 Å². The lowest BCUT2D eigenvalue weighted by Gasteiger charge is -2.17. The quantitative estimate of drug-likeness (QED) is 0.0359. The molecule has 0 radical (unpaired) electrons. The molecule has 0 spiro atoms. The molecule has 0 atom stereocenters. The van der Waals surface area contributed by atoms with E-state index in [1.807, 2.05) is 0 Å². The van der Waals surface area contributed by atoms with E-state index in [1.165, 1.54) is 180 Å². The third kappa shape index (κ3) is 35.5. The molecule has 0 amide bonds. The van der Waals surface area contributed by atoms with E-state index in [-0.39, 0.29) is 11.9 Å². The lowest BCUT2D eigenvalue weighted by molar-refractivity contribution is -0.145. The molecule has 0 rings (SSSR count). The summed E-state index contributed by atoms with van der Waals surface area (Å²) >= 11 is 0. The second-order valence-corrected chi connectivity index (χ2v) is 17.2. The molecule has 0 aliphatic heterocycles. The number of rotatable bonds is 39. The zero-order valence-electron chi connectivity index (χ0n) is 32.6. The standard InChI is InChI=1S/C42H82O4S2/c1-5-9-13-17-21-25-29-39(30-26-22-18-14-10-6-2)37-45-41(43)33-35-47-48-36-34-42(44)46-38-40(31-27-23-19-15-11-7-3)32-28-24-20-16-12-8-4/h39-40H,5-38H2,1-4H3. The Balaban J connectivity index is 4.21. The lowest BCUT2D eigenvalue weighted by Crippen LogP contribution is -2.15. The molecule has 0 saturated carbocycles. The highest BCUT2D eigenvalue weighted by atomic mass is 33.1. The van der Waals surface area contributed by atoms with Gasteiger partial charge in [-0.1, -0.05) is 203 Å². The Hall–Kier alpha value is -0.360. The van der Waals surface area contributed by atoms with Crippen LogP contribution in [0.4, 0.5) is 0 Å². The second-order valence-electron chi connectivity index (χ2n) is 14.5. The summed E-state index contributed by atoms with van der Waals surface area (Å²) in [5, 5.41) is 0. The molecule has 0 aromatic heterocycles. The molecular weight excluding hydrogens is 633 g/mol. The summed E-state index contributed by atoms with van der Waals surface area (Å²) in [6.45, 7) is 10.2. The summed E-state index contributed by atoms with van der Waals surface area (Å²) in [5.41, 5.74) is 0. The topological polar surface area (TPSA) is 52.6 Å². The fourth-order valence-corrected chi connectivity index (χ4v) is 8.35. The molecule has 0 aliphatic carbocycles. The molecule has 0 fully saturated rings. The minimum Gasteiger partial charge on any atom is -0.465 e. The average molecular weight is 715 g/mol. The van der Waals surface area contributed by atoms with E-state index in [0.29, 0.717) is 37.9 Å². The van der Waals surface area contributed by atoms with Crippen molar-refractivity contribution in [1.82, 2.24) is 0 Å². The van der Waals surface area contributed by atoms with Gasteiger partial charge in [0, 0.05) is 11.5 Å². The smallest absolute Gasteiger partial charge is 0.306 e. The van der Waals surface area contributed by atoms with E-state index in [2.05, 4.69) is 27.7 Å². The van der Waals surface area contributed by atoms with E-state index in [0.717, 1.165) is 11.5 Å². The number of esters is 2. The first kappa shape index (κ1) is 47.6. The van der Waals surface area contributed by atoms with E-state index in [9.17, 15) is 9.59 Å². The third-order valence-corrected chi connectivity index (χ3v) is 12.1. The van der Waals surface area contributed by atoms with Crippen molar-refractivity contribution in [2.75, 3.05) is 24.7 Å². The maximum Gasteiger partial charge on any atom is 0.306 e. The van der Waals surface area contributed by atoms with E-state index < -0.39 is 0 Å². The summed E-state index contributed by atoms with van der Waals surface area (Å²) < 4.78 is 11.5. The van der Waals surface area contributed by atoms with E-state index in [4.69, 9.17) is 9.47 Å². The van der Waals surface area contributed by atoms with Crippen LogP contribution in [0.15, 0.2) is 0 Å². The molecule has 0 unspecified atom stereocenters. The Labute approximate surface area is 308 Å².